The lowest BCUT2D eigenvalue weighted by atomic mass is 9.96. The van der Waals surface area contributed by atoms with E-state index in [0.717, 1.165) is 16.7 Å². The number of carboxylic acid groups (broad SMARTS) is 1. The summed E-state index contributed by atoms with van der Waals surface area (Å²) in [7, 11) is 0. The lowest BCUT2D eigenvalue weighted by Crippen LogP contribution is -2.02. The van der Waals surface area contributed by atoms with Gasteiger partial charge in [-0.1, -0.05) is 54.6 Å². The van der Waals surface area contributed by atoms with E-state index in [4.69, 9.17) is 4.74 Å². The van der Waals surface area contributed by atoms with Crippen LogP contribution in [0.5, 0.6) is 5.75 Å². The van der Waals surface area contributed by atoms with Crippen LogP contribution < -0.4 is 4.74 Å². The zero-order chi connectivity index (χ0) is 16.9. The minimum absolute atomic E-state index is 0.274. The van der Waals surface area contributed by atoms with Crippen molar-refractivity contribution in [3.63, 3.8) is 0 Å². The molecule has 0 aromatic heterocycles. The Kier molecular flexibility index (Phi) is 4.62. The number of rotatable bonds is 5. The molecule has 0 aliphatic carbocycles. The highest BCUT2D eigenvalue weighted by Gasteiger charge is 2.14. The van der Waals surface area contributed by atoms with Gasteiger partial charge in [-0.15, -0.1) is 0 Å². The van der Waals surface area contributed by atoms with E-state index < -0.39 is 5.97 Å². The average Bonchev–Trinajstić information content (AvgIpc) is 2.61. The second-order valence-corrected chi connectivity index (χ2v) is 5.60. The highest BCUT2D eigenvalue weighted by molar-refractivity contribution is 5.96. The molecule has 0 fully saturated rings. The van der Waals surface area contributed by atoms with Gasteiger partial charge in [0.1, 0.15) is 12.4 Å². The molecule has 0 heterocycles. The fourth-order valence-corrected chi connectivity index (χ4v) is 2.64. The second-order valence-electron chi connectivity index (χ2n) is 5.60. The van der Waals surface area contributed by atoms with Gasteiger partial charge in [-0.25, -0.2) is 4.79 Å². The van der Waals surface area contributed by atoms with Gasteiger partial charge in [-0.2, -0.15) is 0 Å². The third-order valence-electron chi connectivity index (χ3n) is 3.91. The number of hydrogen-bond donors (Lipinski definition) is 1. The number of carboxylic acids is 1. The lowest BCUT2D eigenvalue weighted by molar-refractivity contribution is 0.0697. The number of hydrogen-bond acceptors (Lipinski definition) is 2. The molecule has 0 saturated carbocycles. The van der Waals surface area contributed by atoms with Crippen LogP contribution in [-0.2, 0) is 6.61 Å². The molecule has 0 aliphatic rings. The molecule has 0 aliphatic heterocycles. The molecule has 1 N–H and O–H groups in total. The van der Waals surface area contributed by atoms with Crippen LogP contribution in [0.3, 0.4) is 0 Å². The van der Waals surface area contributed by atoms with Gasteiger partial charge in [0.15, 0.2) is 0 Å². The summed E-state index contributed by atoms with van der Waals surface area (Å²) in [6, 6.07) is 22.7. The van der Waals surface area contributed by atoms with Crippen LogP contribution in [-0.4, -0.2) is 11.1 Å². The number of aryl methyl sites for hydroxylation is 1. The van der Waals surface area contributed by atoms with Crippen LogP contribution in [0.25, 0.3) is 11.1 Å². The molecule has 0 radical (unpaired) electrons. The van der Waals surface area contributed by atoms with Crippen molar-refractivity contribution in [2.45, 2.75) is 13.5 Å². The Morgan fingerprint density at radius 1 is 0.917 bits per heavy atom. The van der Waals surface area contributed by atoms with Crippen molar-refractivity contribution in [3.8, 4) is 16.9 Å². The molecule has 120 valence electrons. The Bertz CT molecular complexity index is 854. The summed E-state index contributed by atoms with van der Waals surface area (Å²) in [5.74, 6) is -0.287. The van der Waals surface area contributed by atoms with Crippen molar-refractivity contribution < 1.29 is 14.6 Å². The molecule has 3 rings (SSSR count). The van der Waals surface area contributed by atoms with Crippen molar-refractivity contribution in [2.75, 3.05) is 0 Å². The van der Waals surface area contributed by atoms with Crippen LogP contribution in [0, 0.1) is 6.92 Å². The quantitative estimate of drug-likeness (QED) is 0.725. The number of benzene rings is 3. The van der Waals surface area contributed by atoms with Gasteiger partial charge < -0.3 is 9.84 Å². The summed E-state index contributed by atoms with van der Waals surface area (Å²) in [4.78, 5) is 11.6. The topological polar surface area (TPSA) is 46.5 Å². The maximum Gasteiger partial charge on any atom is 0.336 e. The van der Waals surface area contributed by atoms with Crippen molar-refractivity contribution in [2.24, 2.45) is 0 Å². The summed E-state index contributed by atoms with van der Waals surface area (Å²) in [5.41, 5.74) is 3.94. The first-order valence-electron chi connectivity index (χ1n) is 7.75. The van der Waals surface area contributed by atoms with Crippen molar-refractivity contribution in [1.82, 2.24) is 0 Å². The largest absolute Gasteiger partial charge is 0.489 e. The smallest absolute Gasteiger partial charge is 0.336 e. The minimum Gasteiger partial charge on any atom is -0.489 e. The predicted octanol–water partition coefficient (Wildman–Crippen LogP) is 4.94. The summed E-state index contributed by atoms with van der Waals surface area (Å²) < 4.78 is 5.84. The van der Waals surface area contributed by atoms with E-state index in [0.29, 0.717) is 17.9 Å². The Labute approximate surface area is 141 Å². The molecule has 3 nitrogen and oxygen atoms in total. The summed E-state index contributed by atoms with van der Waals surface area (Å²) >= 11 is 0. The van der Waals surface area contributed by atoms with Gasteiger partial charge in [0.2, 0.25) is 0 Å². The summed E-state index contributed by atoms with van der Waals surface area (Å²) in [5, 5.41) is 9.48. The number of ether oxygens (including phenoxy) is 1. The molecule has 0 amide bonds. The zero-order valence-corrected chi connectivity index (χ0v) is 13.4. The van der Waals surface area contributed by atoms with E-state index in [1.165, 1.54) is 0 Å². The lowest BCUT2D eigenvalue weighted by Gasteiger charge is -2.13. The van der Waals surface area contributed by atoms with Crippen molar-refractivity contribution >= 4 is 5.97 Å². The second kappa shape index (κ2) is 7.01. The van der Waals surface area contributed by atoms with Gasteiger partial charge in [-0.05, 0) is 41.8 Å². The Morgan fingerprint density at radius 3 is 2.33 bits per heavy atom. The molecular weight excluding hydrogens is 300 g/mol. The third kappa shape index (κ3) is 3.46. The van der Waals surface area contributed by atoms with Crippen molar-refractivity contribution in [3.05, 3.63) is 89.5 Å². The molecule has 24 heavy (non-hydrogen) atoms. The van der Waals surface area contributed by atoms with Crippen LogP contribution in [0.1, 0.15) is 21.5 Å². The maximum absolute atomic E-state index is 11.6. The minimum atomic E-state index is -0.942. The first-order valence-corrected chi connectivity index (χ1v) is 7.75. The normalized spacial score (nSPS) is 10.4. The monoisotopic (exact) mass is 318 g/mol. The van der Waals surface area contributed by atoms with Crippen LogP contribution in [0.4, 0.5) is 0 Å². The fraction of sp³-hybridized carbons (Fsp3) is 0.0952. The SMILES string of the molecule is Cc1ccccc1-c1cc(OCc2ccccc2)ccc1C(=O)O. The summed E-state index contributed by atoms with van der Waals surface area (Å²) in [6.45, 7) is 2.42. The molecular formula is C21H18O3. The first kappa shape index (κ1) is 15.8. The molecule has 0 atom stereocenters. The highest BCUT2D eigenvalue weighted by atomic mass is 16.5. The molecule has 0 bridgehead atoms. The van der Waals surface area contributed by atoms with Gasteiger partial charge in [0.05, 0.1) is 5.56 Å². The molecule has 3 aromatic rings. The standard InChI is InChI=1S/C21H18O3/c1-15-7-5-6-10-18(15)20-13-17(11-12-19(20)21(22)23)24-14-16-8-3-2-4-9-16/h2-13H,14H2,1H3,(H,22,23). The molecule has 0 unspecified atom stereocenters. The average molecular weight is 318 g/mol. The molecule has 0 saturated heterocycles. The number of carbonyl (C=O) groups is 1. The Morgan fingerprint density at radius 2 is 1.62 bits per heavy atom. The van der Waals surface area contributed by atoms with Gasteiger partial charge in [-0.3, -0.25) is 0 Å². The van der Waals surface area contributed by atoms with E-state index in [1.807, 2.05) is 61.5 Å². The van der Waals surface area contributed by atoms with Crippen LogP contribution >= 0.6 is 0 Å². The maximum atomic E-state index is 11.6. The summed E-state index contributed by atoms with van der Waals surface area (Å²) in [6.07, 6.45) is 0. The van der Waals surface area contributed by atoms with Crippen LogP contribution in [0.15, 0.2) is 72.8 Å². The van der Waals surface area contributed by atoms with E-state index in [1.54, 1.807) is 18.2 Å². The van der Waals surface area contributed by atoms with Gasteiger partial charge in [0.25, 0.3) is 0 Å². The Balaban J connectivity index is 1.94. The zero-order valence-electron chi connectivity index (χ0n) is 13.4. The van der Waals surface area contributed by atoms with Gasteiger partial charge >= 0.3 is 5.97 Å². The van der Waals surface area contributed by atoms with Gasteiger partial charge in [0, 0.05) is 5.56 Å². The third-order valence-corrected chi connectivity index (χ3v) is 3.91. The Hall–Kier alpha value is -3.07. The first-order chi connectivity index (χ1) is 11.6. The molecule has 3 aromatic carbocycles. The van der Waals surface area contributed by atoms with E-state index >= 15 is 0 Å². The predicted molar refractivity (Wildman–Crippen MR) is 94.3 cm³/mol. The molecule has 3 heteroatoms. The van der Waals surface area contributed by atoms with Crippen molar-refractivity contribution in [1.29, 1.82) is 0 Å². The fourth-order valence-electron chi connectivity index (χ4n) is 2.64. The van der Waals surface area contributed by atoms with Crippen LogP contribution in [0.2, 0.25) is 0 Å². The molecule has 0 spiro atoms. The highest BCUT2D eigenvalue weighted by Crippen LogP contribution is 2.30. The van der Waals surface area contributed by atoms with E-state index in [-0.39, 0.29) is 5.56 Å². The van der Waals surface area contributed by atoms with E-state index in [2.05, 4.69) is 0 Å². The van der Waals surface area contributed by atoms with E-state index in [9.17, 15) is 9.90 Å². The number of aromatic carboxylic acids is 1.